The molecule has 0 bridgehead atoms. The van der Waals surface area contributed by atoms with Crippen molar-refractivity contribution in [1.82, 2.24) is 0 Å². The Balaban J connectivity index is 1.65. The molecule has 0 spiro atoms. The van der Waals surface area contributed by atoms with Crippen molar-refractivity contribution in [3.8, 4) is 5.75 Å². The average Bonchev–Trinajstić information content (AvgIpc) is 2.80. The van der Waals surface area contributed by atoms with Crippen LogP contribution in [0.3, 0.4) is 0 Å². The van der Waals surface area contributed by atoms with E-state index in [9.17, 15) is 4.79 Å². The number of rotatable bonds is 6. The number of ether oxygens (including phenoxy) is 1. The molecule has 2 aromatic rings. The van der Waals surface area contributed by atoms with Gasteiger partial charge in [-0.05, 0) is 42.2 Å². The zero-order valence-electron chi connectivity index (χ0n) is 15.9. The second-order valence-corrected chi connectivity index (χ2v) is 7.02. The zero-order chi connectivity index (χ0) is 18.5. The van der Waals surface area contributed by atoms with Crippen LogP contribution < -0.4 is 15.0 Å². The minimum Gasteiger partial charge on any atom is -0.492 e. The molecule has 0 radical (unpaired) electrons. The fourth-order valence-corrected chi connectivity index (χ4v) is 3.21. The van der Waals surface area contributed by atoms with Crippen molar-refractivity contribution < 1.29 is 9.53 Å². The van der Waals surface area contributed by atoms with Crippen LogP contribution in [0.2, 0.25) is 0 Å². The van der Waals surface area contributed by atoms with E-state index < -0.39 is 0 Å². The summed E-state index contributed by atoms with van der Waals surface area (Å²) in [6.45, 7) is 8.05. The molecule has 26 heavy (non-hydrogen) atoms. The normalized spacial score (nSPS) is 17.9. The second-order valence-electron chi connectivity index (χ2n) is 7.02. The van der Waals surface area contributed by atoms with E-state index >= 15 is 0 Å². The van der Waals surface area contributed by atoms with E-state index in [0.29, 0.717) is 25.6 Å². The predicted octanol–water partition coefficient (Wildman–Crippen LogP) is 4.67. The van der Waals surface area contributed by atoms with Crippen molar-refractivity contribution in [2.45, 2.75) is 33.1 Å². The third-order valence-electron chi connectivity index (χ3n) is 5.13. The van der Waals surface area contributed by atoms with Crippen LogP contribution in [-0.4, -0.2) is 25.6 Å². The van der Waals surface area contributed by atoms with Gasteiger partial charge in [-0.1, -0.05) is 45.0 Å². The number of carbonyl (C=O) groups is 1. The summed E-state index contributed by atoms with van der Waals surface area (Å²) in [4.78, 5) is 14.6. The molecule has 2 unspecified atom stereocenters. The first kappa shape index (κ1) is 18.3. The molecular formula is C22H28N2O2. The Morgan fingerprint density at radius 1 is 1.19 bits per heavy atom. The third kappa shape index (κ3) is 4.01. The summed E-state index contributed by atoms with van der Waals surface area (Å²) >= 11 is 0. The first-order chi connectivity index (χ1) is 12.6. The lowest BCUT2D eigenvalue weighted by molar-refractivity contribution is -0.121. The van der Waals surface area contributed by atoms with Crippen molar-refractivity contribution in [2.24, 2.45) is 5.92 Å². The summed E-state index contributed by atoms with van der Waals surface area (Å²) < 4.78 is 5.90. The molecule has 0 aliphatic carbocycles. The highest BCUT2D eigenvalue weighted by molar-refractivity contribution is 5.99. The van der Waals surface area contributed by atoms with Gasteiger partial charge in [-0.2, -0.15) is 0 Å². The number of para-hydroxylation sites is 2. The van der Waals surface area contributed by atoms with E-state index in [1.165, 1.54) is 5.56 Å². The summed E-state index contributed by atoms with van der Waals surface area (Å²) in [5.74, 6) is 1.48. The Hall–Kier alpha value is -2.49. The number of benzene rings is 2. The van der Waals surface area contributed by atoms with Gasteiger partial charge >= 0.3 is 0 Å². The highest BCUT2D eigenvalue weighted by Crippen LogP contribution is 2.30. The highest BCUT2D eigenvalue weighted by Gasteiger charge is 2.26. The summed E-state index contributed by atoms with van der Waals surface area (Å²) in [6, 6.07) is 16.2. The van der Waals surface area contributed by atoms with Gasteiger partial charge in [0, 0.05) is 6.54 Å². The lowest BCUT2D eigenvalue weighted by Gasteiger charge is -2.24. The van der Waals surface area contributed by atoms with Crippen molar-refractivity contribution in [1.29, 1.82) is 0 Å². The van der Waals surface area contributed by atoms with Crippen LogP contribution in [0.25, 0.3) is 0 Å². The minimum atomic E-state index is -0.0581. The van der Waals surface area contributed by atoms with E-state index in [0.717, 1.165) is 23.5 Å². The Labute approximate surface area is 156 Å². The minimum absolute atomic E-state index is 0.0581. The van der Waals surface area contributed by atoms with Gasteiger partial charge in [-0.15, -0.1) is 0 Å². The van der Waals surface area contributed by atoms with Crippen LogP contribution >= 0.6 is 0 Å². The number of anilines is 2. The van der Waals surface area contributed by atoms with Gasteiger partial charge in [-0.25, -0.2) is 0 Å². The van der Waals surface area contributed by atoms with Crippen LogP contribution in [0.4, 0.5) is 11.4 Å². The van der Waals surface area contributed by atoms with E-state index in [2.05, 4.69) is 31.3 Å². The quantitative estimate of drug-likeness (QED) is 0.821. The first-order valence-corrected chi connectivity index (χ1v) is 9.47. The van der Waals surface area contributed by atoms with Crippen LogP contribution in [0.15, 0.2) is 48.5 Å². The molecule has 0 aromatic heterocycles. The van der Waals surface area contributed by atoms with Gasteiger partial charge in [0.05, 0.1) is 23.8 Å². The SMILES string of the molecule is CCC(C)c1ccc(OCCN2C(=O)C(C)CNc3ccccc32)cc1. The van der Waals surface area contributed by atoms with Gasteiger partial charge in [0.2, 0.25) is 5.91 Å². The van der Waals surface area contributed by atoms with Gasteiger partial charge in [0.15, 0.2) is 0 Å². The highest BCUT2D eigenvalue weighted by atomic mass is 16.5. The van der Waals surface area contributed by atoms with Crippen molar-refractivity contribution in [3.05, 3.63) is 54.1 Å². The molecule has 4 nitrogen and oxygen atoms in total. The molecule has 1 N–H and O–H groups in total. The smallest absolute Gasteiger partial charge is 0.231 e. The maximum atomic E-state index is 12.7. The van der Waals surface area contributed by atoms with Crippen molar-refractivity contribution in [2.75, 3.05) is 29.9 Å². The molecule has 3 rings (SSSR count). The lowest BCUT2D eigenvalue weighted by atomic mass is 9.99. The molecule has 1 heterocycles. The number of hydrogen-bond donors (Lipinski definition) is 1. The van der Waals surface area contributed by atoms with Crippen molar-refractivity contribution in [3.63, 3.8) is 0 Å². The molecule has 1 aliphatic heterocycles. The first-order valence-electron chi connectivity index (χ1n) is 9.47. The fourth-order valence-electron chi connectivity index (χ4n) is 3.21. The molecule has 2 aromatic carbocycles. The standard InChI is InChI=1S/C22H28N2O2/c1-4-16(2)18-9-11-19(12-10-18)26-14-13-24-21-8-6-5-7-20(21)23-15-17(3)22(24)25/h5-12,16-17,23H,4,13-15H2,1-3H3. The second kappa shape index (κ2) is 8.26. The van der Waals surface area contributed by atoms with Gasteiger partial charge in [0.25, 0.3) is 0 Å². The van der Waals surface area contributed by atoms with E-state index in [1.807, 2.05) is 48.2 Å². The molecule has 0 fully saturated rings. The van der Waals surface area contributed by atoms with Gasteiger partial charge in [0.1, 0.15) is 12.4 Å². The monoisotopic (exact) mass is 352 g/mol. The Bertz CT molecular complexity index is 742. The molecule has 138 valence electrons. The predicted molar refractivity (Wildman–Crippen MR) is 107 cm³/mol. The van der Waals surface area contributed by atoms with Crippen LogP contribution in [0.5, 0.6) is 5.75 Å². The number of amides is 1. The van der Waals surface area contributed by atoms with Gasteiger partial charge in [-0.3, -0.25) is 4.79 Å². The summed E-state index contributed by atoms with van der Waals surface area (Å²) in [5, 5.41) is 3.36. The Kier molecular flexibility index (Phi) is 5.82. The zero-order valence-corrected chi connectivity index (χ0v) is 15.9. The third-order valence-corrected chi connectivity index (χ3v) is 5.13. The molecule has 4 heteroatoms. The largest absolute Gasteiger partial charge is 0.492 e. The maximum absolute atomic E-state index is 12.7. The summed E-state index contributed by atoms with van der Waals surface area (Å²) in [5.41, 5.74) is 3.26. The molecule has 2 atom stereocenters. The summed E-state index contributed by atoms with van der Waals surface area (Å²) in [6.07, 6.45) is 1.13. The number of hydrogen-bond acceptors (Lipinski definition) is 3. The summed E-state index contributed by atoms with van der Waals surface area (Å²) in [7, 11) is 0. The van der Waals surface area contributed by atoms with E-state index in [-0.39, 0.29) is 11.8 Å². The maximum Gasteiger partial charge on any atom is 0.231 e. The molecule has 1 amide bonds. The van der Waals surface area contributed by atoms with Crippen LogP contribution in [0, 0.1) is 5.92 Å². The Morgan fingerprint density at radius 3 is 2.65 bits per heavy atom. The number of fused-ring (bicyclic) bond motifs is 1. The fraction of sp³-hybridized carbons (Fsp3) is 0.409. The number of carbonyl (C=O) groups excluding carboxylic acids is 1. The molecule has 1 aliphatic rings. The number of nitrogens with zero attached hydrogens (tertiary/aromatic N) is 1. The molecular weight excluding hydrogens is 324 g/mol. The van der Waals surface area contributed by atoms with Crippen LogP contribution in [0.1, 0.15) is 38.7 Å². The number of nitrogens with one attached hydrogen (secondary N) is 1. The lowest BCUT2D eigenvalue weighted by Crippen LogP contribution is -2.38. The average molecular weight is 352 g/mol. The molecule has 0 saturated heterocycles. The molecule has 0 saturated carbocycles. The topological polar surface area (TPSA) is 41.6 Å². The van der Waals surface area contributed by atoms with Crippen molar-refractivity contribution >= 4 is 17.3 Å². The van der Waals surface area contributed by atoms with Gasteiger partial charge < -0.3 is 15.0 Å². The van der Waals surface area contributed by atoms with E-state index in [4.69, 9.17) is 4.74 Å². The van der Waals surface area contributed by atoms with Crippen LogP contribution in [-0.2, 0) is 4.79 Å². The van der Waals surface area contributed by atoms with E-state index in [1.54, 1.807) is 0 Å². The Morgan fingerprint density at radius 2 is 1.92 bits per heavy atom.